The van der Waals surface area contributed by atoms with Gasteiger partial charge in [0.25, 0.3) is 5.91 Å². The zero-order chi connectivity index (χ0) is 22.8. The first kappa shape index (κ1) is 21.0. The Morgan fingerprint density at radius 1 is 1.12 bits per heavy atom. The molecular weight excluding hydrogens is 430 g/mol. The van der Waals surface area contributed by atoms with Gasteiger partial charge in [-0.3, -0.25) is 9.78 Å². The molecule has 162 valence electrons. The summed E-state index contributed by atoms with van der Waals surface area (Å²) in [7, 11) is 0. The van der Waals surface area contributed by atoms with E-state index in [4.69, 9.17) is 0 Å². The fraction of sp³-hybridized carbons (Fsp3) is 0.192. The lowest BCUT2D eigenvalue weighted by Crippen LogP contribution is -2.31. The van der Waals surface area contributed by atoms with E-state index < -0.39 is 0 Å². The standard InChI is InChI=1S/C26H21N5OS/c1-16-11-12-17(14-18(16)15-27)25-30-31-26(33-25)21-8-4-7-20-19(21)6-5-10-22(20)29-24(32)23-9-2-3-13-28-23/h2-4,7-9,11-14,22H,5-6,10H2,1H3,(H,29,32)/t22-/m1/s1. The van der Waals surface area contributed by atoms with E-state index in [0.717, 1.165) is 51.5 Å². The van der Waals surface area contributed by atoms with Gasteiger partial charge in [0.1, 0.15) is 15.7 Å². The highest BCUT2D eigenvalue weighted by atomic mass is 32.1. The highest BCUT2D eigenvalue weighted by Crippen LogP contribution is 2.39. The number of benzene rings is 2. The van der Waals surface area contributed by atoms with E-state index >= 15 is 0 Å². The Kier molecular flexibility index (Phi) is 5.68. The van der Waals surface area contributed by atoms with Crippen LogP contribution in [0.15, 0.2) is 60.8 Å². The number of rotatable bonds is 4. The van der Waals surface area contributed by atoms with Gasteiger partial charge in [-0.05, 0) is 61.1 Å². The molecule has 7 heteroatoms. The number of fused-ring (bicyclic) bond motifs is 1. The summed E-state index contributed by atoms with van der Waals surface area (Å²) >= 11 is 1.52. The van der Waals surface area contributed by atoms with Crippen molar-refractivity contribution in [1.82, 2.24) is 20.5 Å². The SMILES string of the molecule is Cc1ccc(-c2nnc(-c3cccc4c3CCC[C@H]4NC(=O)c3ccccn3)s2)cc1C#N. The summed E-state index contributed by atoms with van der Waals surface area (Å²) < 4.78 is 0. The topological polar surface area (TPSA) is 91.6 Å². The maximum atomic E-state index is 12.7. The molecule has 2 heterocycles. The fourth-order valence-electron chi connectivity index (χ4n) is 4.25. The average molecular weight is 452 g/mol. The molecule has 2 aromatic carbocycles. The molecule has 1 aliphatic rings. The van der Waals surface area contributed by atoms with E-state index in [-0.39, 0.29) is 11.9 Å². The van der Waals surface area contributed by atoms with Crippen molar-refractivity contribution in [3.05, 3.63) is 88.7 Å². The van der Waals surface area contributed by atoms with Crippen LogP contribution in [0.2, 0.25) is 0 Å². The normalized spacial score (nSPS) is 14.8. The van der Waals surface area contributed by atoms with Crippen LogP contribution in [0.5, 0.6) is 0 Å². The Labute approximate surface area is 196 Å². The third kappa shape index (κ3) is 4.13. The van der Waals surface area contributed by atoms with Crippen molar-refractivity contribution in [2.24, 2.45) is 0 Å². The molecule has 0 aliphatic heterocycles. The molecule has 5 rings (SSSR count). The second-order valence-corrected chi connectivity index (χ2v) is 9.04. The number of pyridine rings is 1. The molecular formula is C26H21N5OS. The maximum Gasteiger partial charge on any atom is 0.270 e. The molecule has 0 fully saturated rings. The van der Waals surface area contributed by atoms with Crippen LogP contribution >= 0.6 is 11.3 Å². The fourth-order valence-corrected chi connectivity index (χ4v) is 5.14. The summed E-state index contributed by atoms with van der Waals surface area (Å²) in [4.78, 5) is 16.9. The first-order valence-corrected chi connectivity index (χ1v) is 11.6. The van der Waals surface area contributed by atoms with Crippen LogP contribution in [0.3, 0.4) is 0 Å². The number of hydrogen-bond acceptors (Lipinski definition) is 6. The van der Waals surface area contributed by atoms with Gasteiger partial charge < -0.3 is 5.32 Å². The highest BCUT2D eigenvalue weighted by molar-refractivity contribution is 7.17. The summed E-state index contributed by atoms with van der Waals surface area (Å²) in [6, 6.07) is 19.5. The Hall–Kier alpha value is -3.89. The van der Waals surface area contributed by atoms with Gasteiger partial charge >= 0.3 is 0 Å². The van der Waals surface area contributed by atoms with Crippen LogP contribution in [0.25, 0.3) is 21.1 Å². The third-order valence-electron chi connectivity index (χ3n) is 5.97. The first-order chi connectivity index (χ1) is 16.1. The highest BCUT2D eigenvalue weighted by Gasteiger charge is 2.26. The number of nitrogens with one attached hydrogen (secondary N) is 1. The Balaban J connectivity index is 1.45. The second kappa shape index (κ2) is 8.93. The lowest BCUT2D eigenvalue weighted by atomic mass is 9.85. The summed E-state index contributed by atoms with van der Waals surface area (Å²) in [5, 5.41) is 23.0. The van der Waals surface area contributed by atoms with Gasteiger partial charge in [0.05, 0.1) is 17.7 Å². The molecule has 1 N–H and O–H groups in total. The minimum atomic E-state index is -0.162. The molecule has 0 bridgehead atoms. The van der Waals surface area contributed by atoms with Crippen molar-refractivity contribution >= 4 is 17.2 Å². The lowest BCUT2D eigenvalue weighted by Gasteiger charge is -2.27. The van der Waals surface area contributed by atoms with Gasteiger partial charge in [0.2, 0.25) is 0 Å². The molecule has 0 radical (unpaired) electrons. The van der Waals surface area contributed by atoms with Gasteiger partial charge in [-0.25, -0.2) is 0 Å². The predicted octanol–water partition coefficient (Wildman–Crippen LogP) is 5.25. The molecule has 0 saturated heterocycles. The molecule has 2 aromatic heterocycles. The first-order valence-electron chi connectivity index (χ1n) is 10.8. The van der Waals surface area contributed by atoms with E-state index in [1.165, 1.54) is 16.9 Å². The zero-order valence-corrected chi connectivity index (χ0v) is 18.9. The Morgan fingerprint density at radius 2 is 2.00 bits per heavy atom. The molecule has 1 atom stereocenters. The molecule has 0 saturated carbocycles. The van der Waals surface area contributed by atoms with Crippen molar-refractivity contribution in [3.8, 4) is 27.2 Å². The van der Waals surface area contributed by atoms with Crippen LogP contribution in [0.1, 0.15) is 51.6 Å². The number of nitrogens with zero attached hydrogens (tertiary/aromatic N) is 4. The van der Waals surface area contributed by atoms with Crippen LogP contribution in [-0.2, 0) is 6.42 Å². The van der Waals surface area contributed by atoms with Gasteiger partial charge in [0.15, 0.2) is 0 Å². The monoisotopic (exact) mass is 451 g/mol. The lowest BCUT2D eigenvalue weighted by molar-refractivity contribution is 0.0927. The number of hydrogen-bond donors (Lipinski definition) is 1. The van der Waals surface area contributed by atoms with Gasteiger partial charge in [-0.15, -0.1) is 10.2 Å². The number of nitriles is 1. The Bertz CT molecular complexity index is 1370. The molecule has 6 nitrogen and oxygen atoms in total. The summed E-state index contributed by atoms with van der Waals surface area (Å²) in [6.07, 6.45) is 4.42. The Morgan fingerprint density at radius 3 is 2.82 bits per heavy atom. The third-order valence-corrected chi connectivity index (χ3v) is 6.98. The molecule has 0 unspecified atom stereocenters. The molecule has 4 aromatic rings. The van der Waals surface area contributed by atoms with Crippen molar-refractivity contribution in [2.45, 2.75) is 32.2 Å². The van der Waals surface area contributed by atoms with Crippen LogP contribution < -0.4 is 5.32 Å². The van der Waals surface area contributed by atoms with Gasteiger partial charge in [0, 0.05) is 17.3 Å². The van der Waals surface area contributed by atoms with E-state index in [1.807, 2.05) is 37.3 Å². The number of aromatic nitrogens is 3. The van der Waals surface area contributed by atoms with Crippen molar-refractivity contribution in [1.29, 1.82) is 5.26 Å². The molecule has 1 aliphatic carbocycles. The van der Waals surface area contributed by atoms with E-state index in [0.29, 0.717) is 11.3 Å². The van der Waals surface area contributed by atoms with Crippen LogP contribution in [-0.4, -0.2) is 21.1 Å². The van der Waals surface area contributed by atoms with E-state index in [2.05, 4.69) is 38.7 Å². The van der Waals surface area contributed by atoms with E-state index in [9.17, 15) is 10.1 Å². The second-order valence-electron chi connectivity index (χ2n) is 8.06. The number of aryl methyl sites for hydroxylation is 1. The summed E-state index contributed by atoms with van der Waals surface area (Å²) in [6.45, 7) is 1.92. The van der Waals surface area contributed by atoms with Crippen LogP contribution in [0.4, 0.5) is 0 Å². The summed E-state index contributed by atoms with van der Waals surface area (Å²) in [5.74, 6) is -0.162. The van der Waals surface area contributed by atoms with Crippen molar-refractivity contribution in [3.63, 3.8) is 0 Å². The van der Waals surface area contributed by atoms with E-state index in [1.54, 1.807) is 18.3 Å². The van der Waals surface area contributed by atoms with Crippen molar-refractivity contribution in [2.75, 3.05) is 0 Å². The quantitative estimate of drug-likeness (QED) is 0.457. The number of carbonyl (C=O) groups is 1. The molecule has 0 spiro atoms. The maximum absolute atomic E-state index is 12.7. The minimum absolute atomic E-state index is 0.0640. The van der Waals surface area contributed by atoms with Crippen LogP contribution in [0, 0.1) is 18.3 Å². The minimum Gasteiger partial charge on any atom is -0.344 e. The van der Waals surface area contributed by atoms with Crippen molar-refractivity contribution < 1.29 is 4.79 Å². The van der Waals surface area contributed by atoms with Gasteiger partial charge in [-0.1, -0.05) is 47.7 Å². The molecule has 1 amide bonds. The largest absolute Gasteiger partial charge is 0.344 e. The summed E-state index contributed by atoms with van der Waals surface area (Å²) in [5.41, 5.74) is 6.30. The average Bonchev–Trinajstić information content (AvgIpc) is 3.35. The zero-order valence-electron chi connectivity index (χ0n) is 18.1. The molecule has 33 heavy (non-hydrogen) atoms. The smallest absolute Gasteiger partial charge is 0.270 e. The predicted molar refractivity (Wildman–Crippen MR) is 128 cm³/mol. The number of carbonyl (C=O) groups excluding carboxylic acids is 1. The van der Waals surface area contributed by atoms with Gasteiger partial charge in [-0.2, -0.15) is 5.26 Å². The number of amides is 1.